The number of nitrogens with zero attached hydrogens (tertiary/aromatic N) is 5. The summed E-state index contributed by atoms with van der Waals surface area (Å²) >= 11 is 0. The van der Waals surface area contributed by atoms with Crippen molar-refractivity contribution in [3.8, 4) is 51.8 Å². The van der Waals surface area contributed by atoms with E-state index >= 15 is 0 Å². The number of fused-ring (bicyclic) bond motifs is 6. The smallest absolute Gasteiger partial charge is 0.101 e. The first kappa shape index (κ1) is 28.8. The summed E-state index contributed by atoms with van der Waals surface area (Å²) in [4.78, 5) is 0. The highest BCUT2D eigenvalue weighted by Crippen LogP contribution is 2.39. The minimum Gasteiger partial charge on any atom is -0.309 e. The van der Waals surface area contributed by atoms with E-state index in [9.17, 15) is 15.8 Å². The predicted octanol–water partition coefficient (Wildman–Crippen LogP) is 10.8. The van der Waals surface area contributed by atoms with Crippen LogP contribution in [-0.2, 0) is 0 Å². The lowest BCUT2D eigenvalue weighted by atomic mass is 9.93. The van der Waals surface area contributed by atoms with Crippen LogP contribution in [0.5, 0.6) is 0 Å². The van der Waals surface area contributed by atoms with Crippen molar-refractivity contribution in [3.05, 3.63) is 168 Å². The Labute approximate surface area is 287 Å². The van der Waals surface area contributed by atoms with Gasteiger partial charge in [-0.2, -0.15) is 15.8 Å². The standard InChI is InChI=1S/C45H25N5/c46-26-29-17-21-45-39(23-29)37-12-4-8-16-44(37)49(45)40-22-20-30(24-33(40)28-48)31-18-19-32(27-47)38(25-31)36-11-3-7-15-43(36)50-41-13-5-1-9-34(41)35-10-2-6-14-42(35)50/h1-25H. The van der Waals surface area contributed by atoms with Gasteiger partial charge in [0.2, 0.25) is 0 Å². The average molecular weight is 636 g/mol. The number of aromatic nitrogens is 2. The second-order valence-corrected chi connectivity index (χ2v) is 12.3. The molecule has 2 aromatic heterocycles. The molecule has 0 N–H and O–H groups in total. The van der Waals surface area contributed by atoms with E-state index in [1.165, 1.54) is 10.8 Å². The minimum atomic E-state index is 0.520. The zero-order valence-electron chi connectivity index (χ0n) is 26.7. The molecule has 0 radical (unpaired) electrons. The Kier molecular flexibility index (Phi) is 6.56. The van der Waals surface area contributed by atoms with Crippen molar-refractivity contribution in [1.29, 1.82) is 15.8 Å². The van der Waals surface area contributed by atoms with Crippen molar-refractivity contribution in [1.82, 2.24) is 9.13 Å². The number of benzene rings is 7. The number of para-hydroxylation sites is 4. The van der Waals surface area contributed by atoms with Gasteiger partial charge in [-0.15, -0.1) is 0 Å². The monoisotopic (exact) mass is 635 g/mol. The molecular formula is C45H25N5. The van der Waals surface area contributed by atoms with Crippen LogP contribution >= 0.6 is 0 Å². The van der Waals surface area contributed by atoms with Crippen molar-refractivity contribution >= 4 is 43.6 Å². The Morgan fingerprint density at radius 3 is 1.56 bits per heavy atom. The van der Waals surface area contributed by atoms with Gasteiger partial charge in [0.25, 0.3) is 0 Å². The Bertz CT molecular complexity index is 2920. The maximum Gasteiger partial charge on any atom is 0.101 e. The molecule has 0 bridgehead atoms. The molecule has 0 amide bonds. The van der Waals surface area contributed by atoms with E-state index < -0.39 is 0 Å². The van der Waals surface area contributed by atoms with Crippen LogP contribution in [0.3, 0.4) is 0 Å². The minimum absolute atomic E-state index is 0.520. The van der Waals surface area contributed by atoms with Crippen molar-refractivity contribution < 1.29 is 0 Å². The van der Waals surface area contributed by atoms with Gasteiger partial charge < -0.3 is 9.13 Å². The molecule has 5 nitrogen and oxygen atoms in total. The largest absolute Gasteiger partial charge is 0.309 e. The third-order valence-corrected chi connectivity index (χ3v) is 9.65. The summed E-state index contributed by atoms with van der Waals surface area (Å²) in [5.74, 6) is 0. The van der Waals surface area contributed by atoms with Crippen molar-refractivity contribution in [2.75, 3.05) is 0 Å². The summed E-state index contributed by atoms with van der Waals surface area (Å²) in [6.45, 7) is 0. The molecule has 0 aliphatic heterocycles. The molecule has 0 fully saturated rings. The lowest BCUT2D eigenvalue weighted by molar-refractivity contribution is 1.17. The van der Waals surface area contributed by atoms with Crippen LogP contribution in [-0.4, -0.2) is 9.13 Å². The average Bonchev–Trinajstić information content (AvgIpc) is 3.70. The van der Waals surface area contributed by atoms with E-state index in [2.05, 4.69) is 94.1 Å². The lowest BCUT2D eigenvalue weighted by Gasteiger charge is -2.16. The van der Waals surface area contributed by atoms with Gasteiger partial charge >= 0.3 is 0 Å². The van der Waals surface area contributed by atoms with E-state index in [0.717, 1.165) is 66.5 Å². The molecule has 50 heavy (non-hydrogen) atoms. The lowest BCUT2D eigenvalue weighted by Crippen LogP contribution is -1.99. The van der Waals surface area contributed by atoms with Gasteiger partial charge in [-0.05, 0) is 77.9 Å². The molecule has 9 rings (SSSR count). The normalized spacial score (nSPS) is 11.1. The highest BCUT2D eigenvalue weighted by Gasteiger charge is 2.19. The summed E-state index contributed by atoms with van der Waals surface area (Å²) in [7, 11) is 0. The Balaban J connectivity index is 1.22. The first-order valence-corrected chi connectivity index (χ1v) is 16.3. The van der Waals surface area contributed by atoms with Crippen LogP contribution in [0.25, 0.3) is 77.2 Å². The Morgan fingerprint density at radius 2 is 0.900 bits per heavy atom. The SMILES string of the molecule is N#Cc1ccc2c(c1)c1ccccc1n2-c1ccc(-c2ccc(C#N)c(-c3ccccc3-n3c4ccccc4c4ccccc43)c2)cc1C#N. The maximum atomic E-state index is 10.5. The van der Waals surface area contributed by atoms with Crippen LogP contribution in [0.1, 0.15) is 16.7 Å². The first-order chi connectivity index (χ1) is 24.7. The van der Waals surface area contributed by atoms with Crippen LogP contribution in [0.2, 0.25) is 0 Å². The fraction of sp³-hybridized carbons (Fsp3) is 0. The van der Waals surface area contributed by atoms with Crippen molar-refractivity contribution in [3.63, 3.8) is 0 Å². The van der Waals surface area contributed by atoms with Gasteiger partial charge in [0.15, 0.2) is 0 Å². The fourth-order valence-corrected chi connectivity index (χ4v) is 7.42. The van der Waals surface area contributed by atoms with Gasteiger partial charge in [-0.1, -0.05) is 84.9 Å². The molecule has 0 unspecified atom stereocenters. The summed E-state index contributed by atoms with van der Waals surface area (Å²) in [5.41, 5.74) is 11.0. The van der Waals surface area contributed by atoms with Crippen LogP contribution < -0.4 is 0 Å². The van der Waals surface area contributed by atoms with Gasteiger partial charge in [0.1, 0.15) is 6.07 Å². The van der Waals surface area contributed by atoms with Gasteiger partial charge in [-0.3, -0.25) is 0 Å². The zero-order valence-corrected chi connectivity index (χ0v) is 26.7. The third kappa shape index (κ3) is 4.31. The molecular weight excluding hydrogens is 611 g/mol. The highest BCUT2D eigenvalue weighted by molar-refractivity contribution is 6.11. The molecule has 0 spiro atoms. The van der Waals surface area contributed by atoms with E-state index in [1.807, 2.05) is 84.9 Å². The second kappa shape index (κ2) is 11.4. The number of hydrogen-bond acceptors (Lipinski definition) is 3. The molecule has 0 aliphatic carbocycles. The molecule has 0 aliphatic rings. The second-order valence-electron chi connectivity index (χ2n) is 12.3. The van der Waals surface area contributed by atoms with Gasteiger partial charge in [-0.25, -0.2) is 0 Å². The topological polar surface area (TPSA) is 81.2 Å². The maximum absolute atomic E-state index is 10.5. The molecule has 2 heterocycles. The summed E-state index contributed by atoms with van der Waals surface area (Å²) in [5, 5.41) is 34.7. The summed E-state index contributed by atoms with van der Waals surface area (Å²) in [6.07, 6.45) is 0. The Hall–Kier alpha value is -7.39. The Morgan fingerprint density at radius 1 is 0.360 bits per heavy atom. The molecule has 0 atom stereocenters. The van der Waals surface area contributed by atoms with Crippen molar-refractivity contribution in [2.24, 2.45) is 0 Å². The number of hydrogen-bond donors (Lipinski definition) is 0. The number of nitriles is 3. The molecule has 7 aromatic carbocycles. The van der Waals surface area contributed by atoms with Crippen LogP contribution in [0.15, 0.2) is 152 Å². The molecule has 9 aromatic rings. The summed E-state index contributed by atoms with van der Waals surface area (Å²) in [6, 6.07) is 57.7. The van der Waals surface area contributed by atoms with Gasteiger partial charge in [0, 0.05) is 32.7 Å². The highest BCUT2D eigenvalue weighted by atomic mass is 15.0. The third-order valence-electron chi connectivity index (χ3n) is 9.65. The van der Waals surface area contributed by atoms with E-state index in [0.29, 0.717) is 16.7 Å². The molecule has 5 heteroatoms. The zero-order chi connectivity index (χ0) is 33.8. The van der Waals surface area contributed by atoms with Crippen molar-refractivity contribution in [2.45, 2.75) is 0 Å². The first-order valence-electron chi connectivity index (χ1n) is 16.3. The molecule has 0 saturated heterocycles. The van der Waals surface area contributed by atoms with E-state index in [4.69, 9.17) is 0 Å². The van der Waals surface area contributed by atoms with Gasteiger partial charge in [0.05, 0.1) is 62.3 Å². The van der Waals surface area contributed by atoms with Crippen LogP contribution in [0, 0.1) is 34.0 Å². The predicted molar refractivity (Wildman–Crippen MR) is 200 cm³/mol. The molecule has 0 saturated carbocycles. The van der Waals surface area contributed by atoms with E-state index in [1.54, 1.807) is 0 Å². The van der Waals surface area contributed by atoms with Crippen LogP contribution in [0.4, 0.5) is 0 Å². The quantitative estimate of drug-likeness (QED) is 0.193. The number of rotatable bonds is 4. The summed E-state index contributed by atoms with van der Waals surface area (Å²) < 4.78 is 4.38. The van der Waals surface area contributed by atoms with E-state index in [-0.39, 0.29) is 0 Å². The molecule has 230 valence electrons. The fourth-order valence-electron chi connectivity index (χ4n) is 7.42.